The summed E-state index contributed by atoms with van der Waals surface area (Å²) in [6, 6.07) is 12.8. The summed E-state index contributed by atoms with van der Waals surface area (Å²) in [4.78, 5) is 18.8. The molecule has 2 aromatic heterocycles. The van der Waals surface area contributed by atoms with Gasteiger partial charge in [-0.05, 0) is 48.0 Å². The molecule has 0 aliphatic carbocycles. The number of rotatable bonds is 5. The Bertz CT molecular complexity index is 1390. The number of halogens is 4. The zero-order valence-electron chi connectivity index (χ0n) is 18.8. The lowest BCUT2D eigenvalue weighted by atomic mass is 10.1. The number of carbonyl (C=O) groups excluding carboxylic acids is 1. The lowest BCUT2D eigenvalue weighted by Gasteiger charge is -2.33. The van der Waals surface area contributed by atoms with Gasteiger partial charge < -0.3 is 10.1 Å². The van der Waals surface area contributed by atoms with Crippen LogP contribution >= 0.6 is 11.6 Å². The highest BCUT2D eigenvalue weighted by atomic mass is 35.5. The molecule has 1 aliphatic rings. The Morgan fingerprint density at radius 2 is 2.00 bits per heavy atom. The topological polar surface area (TPSA) is 83.1 Å². The van der Waals surface area contributed by atoms with Crippen LogP contribution in [0.2, 0.25) is 5.02 Å². The van der Waals surface area contributed by atoms with E-state index in [-0.39, 0.29) is 36.2 Å². The summed E-state index contributed by atoms with van der Waals surface area (Å²) in [6.07, 6.45) is -2.03. The SMILES string of the molecule is O=C(Nc1ccc2[nH]nc(-c3ccncc3)c2c1)C1CN(Cc2c(Cl)cccc2C(F)(F)F)CCO1. The largest absolute Gasteiger partial charge is 0.416 e. The third-order valence-electron chi connectivity index (χ3n) is 6.03. The molecule has 11 heteroatoms. The fourth-order valence-electron chi connectivity index (χ4n) is 4.26. The summed E-state index contributed by atoms with van der Waals surface area (Å²) in [5.41, 5.74) is 2.17. The van der Waals surface area contributed by atoms with Crippen molar-refractivity contribution in [1.82, 2.24) is 20.1 Å². The molecule has 1 unspecified atom stereocenters. The molecule has 0 spiro atoms. The molecule has 7 nitrogen and oxygen atoms in total. The Morgan fingerprint density at radius 3 is 2.78 bits per heavy atom. The van der Waals surface area contributed by atoms with E-state index in [2.05, 4.69) is 20.5 Å². The maximum absolute atomic E-state index is 13.5. The Kier molecular flexibility index (Phi) is 6.65. The molecule has 3 heterocycles. The van der Waals surface area contributed by atoms with Crippen LogP contribution in [-0.4, -0.2) is 51.8 Å². The molecule has 0 saturated carbocycles. The van der Waals surface area contributed by atoms with Gasteiger partial charge in [0, 0.05) is 53.7 Å². The number of morpholine rings is 1. The Balaban J connectivity index is 1.30. The van der Waals surface area contributed by atoms with Gasteiger partial charge in [0.1, 0.15) is 11.8 Å². The number of aromatic nitrogens is 3. The van der Waals surface area contributed by atoms with E-state index in [1.54, 1.807) is 23.4 Å². The molecule has 4 aromatic rings. The van der Waals surface area contributed by atoms with Crippen LogP contribution in [0.4, 0.5) is 18.9 Å². The molecule has 0 radical (unpaired) electrons. The van der Waals surface area contributed by atoms with Gasteiger partial charge in [-0.1, -0.05) is 17.7 Å². The number of amides is 1. The first-order chi connectivity index (χ1) is 17.3. The van der Waals surface area contributed by atoms with Crippen LogP contribution in [0.3, 0.4) is 0 Å². The molecule has 1 fully saturated rings. The van der Waals surface area contributed by atoms with E-state index in [4.69, 9.17) is 16.3 Å². The third kappa shape index (κ3) is 5.06. The van der Waals surface area contributed by atoms with Crippen LogP contribution in [0.15, 0.2) is 60.9 Å². The number of nitrogens with one attached hydrogen (secondary N) is 2. The summed E-state index contributed by atoms with van der Waals surface area (Å²) in [6.45, 7) is 0.669. The average molecular weight is 516 g/mol. The van der Waals surface area contributed by atoms with Crippen molar-refractivity contribution >= 4 is 34.1 Å². The molecule has 2 N–H and O–H groups in total. The second kappa shape index (κ2) is 9.88. The zero-order chi connectivity index (χ0) is 25.3. The number of benzene rings is 2. The number of fused-ring (bicyclic) bond motifs is 1. The van der Waals surface area contributed by atoms with Crippen molar-refractivity contribution in [2.75, 3.05) is 25.0 Å². The van der Waals surface area contributed by atoms with E-state index in [9.17, 15) is 18.0 Å². The van der Waals surface area contributed by atoms with Gasteiger partial charge >= 0.3 is 6.18 Å². The number of anilines is 1. The fourth-order valence-corrected chi connectivity index (χ4v) is 4.49. The summed E-state index contributed by atoms with van der Waals surface area (Å²) in [5, 5.41) is 11.1. The van der Waals surface area contributed by atoms with Crippen LogP contribution in [0.5, 0.6) is 0 Å². The van der Waals surface area contributed by atoms with Crippen molar-refractivity contribution in [2.45, 2.75) is 18.8 Å². The van der Waals surface area contributed by atoms with Gasteiger partial charge in [0.15, 0.2) is 0 Å². The molecule has 2 aromatic carbocycles. The van der Waals surface area contributed by atoms with Crippen molar-refractivity contribution in [1.29, 1.82) is 0 Å². The number of ether oxygens (including phenoxy) is 1. The van der Waals surface area contributed by atoms with Crippen LogP contribution in [0.25, 0.3) is 22.2 Å². The minimum absolute atomic E-state index is 0.0122. The van der Waals surface area contributed by atoms with E-state index in [1.165, 1.54) is 12.1 Å². The first-order valence-corrected chi connectivity index (χ1v) is 11.6. The second-order valence-corrected chi connectivity index (χ2v) is 8.82. The summed E-state index contributed by atoms with van der Waals surface area (Å²) >= 11 is 6.11. The standard InChI is InChI=1S/C25H21ClF3N5O2/c26-20-3-1-2-19(25(27,28)29)18(20)13-34-10-11-36-22(14-34)24(35)31-16-4-5-21-17(12-16)23(33-32-21)15-6-8-30-9-7-15/h1-9,12,22H,10-11,13-14H2,(H,31,35)(H,32,33). The van der Waals surface area contributed by atoms with Gasteiger partial charge in [0.2, 0.25) is 0 Å². The van der Waals surface area contributed by atoms with E-state index >= 15 is 0 Å². The number of hydrogen-bond acceptors (Lipinski definition) is 5. The lowest BCUT2D eigenvalue weighted by molar-refractivity contribution is -0.139. The molecule has 1 atom stereocenters. The molecule has 1 amide bonds. The molecule has 1 saturated heterocycles. The molecule has 186 valence electrons. The Labute approximate surface area is 209 Å². The van der Waals surface area contributed by atoms with Gasteiger partial charge in [-0.15, -0.1) is 0 Å². The maximum Gasteiger partial charge on any atom is 0.416 e. The van der Waals surface area contributed by atoms with Crippen LogP contribution in [0.1, 0.15) is 11.1 Å². The highest BCUT2D eigenvalue weighted by Crippen LogP contribution is 2.36. The number of carbonyl (C=O) groups is 1. The van der Waals surface area contributed by atoms with Crippen LogP contribution < -0.4 is 5.32 Å². The molecule has 36 heavy (non-hydrogen) atoms. The molecular formula is C25H21ClF3N5O2. The minimum Gasteiger partial charge on any atom is -0.366 e. The number of aromatic amines is 1. The fraction of sp³-hybridized carbons (Fsp3) is 0.240. The van der Waals surface area contributed by atoms with Crippen molar-refractivity contribution in [3.8, 4) is 11.3 Å². The van der Waals surface area contributed by atoms with Gasteiger partial charge in [-0.2, -0.15) is 18.3 Å². The van der Waals surface area contributed by atoms with Gasteiger partial charge in [0.25, 0.3) is 5.91 Å². The first-order valence-electron chi connectivity index (χ1n) is 11.2. The smallest absolute Gasteiger partial charge is 0.366 e. The first kappa shape index (κ1) is 24.2. The number of H-pyrrole nitrogens is 1. The minimum atomic E-state index is -4.52. The molecule has 1 aliphatic heterocycles. The highest BCUT2D eigenvalue weighted by Gasteiger charge is 2.35. The number of nitrogens with zero attached hydrogens (tertiary/aromatic N) is 3. The van der Waals surface area contributed by atoms with E-state index < -0.39 is 17.8 Å². The Hall–Kier alpha value is -3.47. The van der Waals surface area contributed by atoms with Gasteiger partial charge in [0.05, 0.1) is 17.7 Å². The summed E-state index contributed by atoms with van der Waals surface area (Å²) in [7, 11) is 0. The average Bonchev–Trinajstić information content (AvgIpc) is 3.28. The molecular weight excluding hydrogens is 495 g/mol. The normalized spacial score (nSPS) is 16.8. The number of pyridine rings is 1. The quantitative estimate of drug-likeness (QED) is 0.385. The summed E-state index contributed by atoms with van der Waals surface area (Å²) in [5.74, 6) is -0.386. The van der Waals surface area contributed by atoms with Crippen molar-refractivity contribution in [2.24, 2.45) is 0 Å². The number of hydrogen-bond donors (Lipinski definition) is 2. The monoisotopic (exact) mass is 515 g/mol. The van der Waals surface area contributed by atoms with Crippen molar-refractivity contribution < 1.29 is 22.7 Å². The van der Waals surface area contributed by atoms with Crippen molar-refractivity contribution in [3.63, 3.8) is 0 Å². The van der Waals surface area contributed by atoms with Gasteiger partial charge in [-0.25, -0.2) is 0 Å². The van der Waals surface area contributed by atoms with E-state index in [0.29, 0.717) is 12.2 Å². The van der Waals surface area contributed by atoms with E-state index in [1.807, 2.05) is 24.3 Å². The van der Waals surface area contributed by atoms with Gasteiger partial charge in [-0.3, -0.25) is 19.8 Å². The maximum atomic E-state index is 13.5. The predicted molar refractivity (Wildman–Crippen MR) is 129 cm³/mol. The second-order valence-electron chi connectivity index (χ2n) is 8.42. The third-order valence-corrected chi connectivity index (χ3v) is 6.39. The predicted octanol–water partition coefficient (Wildman–Crippen LogP) is 5.14. The van der Waals surface area contributed by atoms with Crippen molar-refractivity contribution in [3.05, 3.63) is 77.1 Å². The lowest BCUT2D eigenvalue weighted by Crippen LogP contribution is -2.47. The van der Waals surface area contributed by atoms with Crippen LogP contribution in [0, 0.1) is 0 Å². The van der Waals surface area contributed by atoms with Crippen LogP contribution in [-0.2, 0) is 22.3 Å². The zero-order valence-corrected chi connectivity index (χ0v) is 19.6. The molecule has 5 rings (SSSR count). The highest BCUT2D eigenvalue weighted by molar-refractivity contribution is 6.31. The number of alkyl halides is 3. The summed E-state index contributed by atoms with van der Waals surface area (Å²) < 4.78 is 46.1. The Morgan fingerprint density at radius 1 is 1.19 bits per heavy atom. The van der Waals surface area contributed by atoms with E-state index in [0.717, 1.165) is 28.2 Å². The molecule has 0 bridgehead atoms.